The molecule has 44 heavy (non-hydrogen) atoms. The summed E-state index contributed by atoms with van der Waals surface area (Å²) in [5.41, 5.74) is 7.90. The first-order valence-electron chi connectivity index (χ1n) is 14.5. The van der Waals surface area contributed by atoms with E-state index in [1.165, 1.54) is 5.39 Å². The van der Waals surface area contributed by atoms with Crippen LogP contribution in [-0.4, -0.2) is 33.6 Å². The third kappa shape index (κ3) is 4.54. The van der Waals surface area contributed by atoms with Crippen molar-refractivity contribution in [3.63, 3.8) is 0 Å². The van der Waals surface area contributed by atoms with Gasteiger partial charge in [0.1, 0.15) is 28.8 Å². The second-order valence-electron chi connectivity index (χ2n) is 10.8. The van der Waals surface area contributed by atoms with Crippen LogP contribution in [0, 0.1) is 20.8 Å². The first kappa shape index (κ1) is 27.3. The molecule has 0 aliphatic carbocycles. The smallest absolute Gasteiger partial charge is 0.137 e. The van der Waals surface area contributed by atoms with E-state index in [0.29, 0.717) is 5.75 Å². The van der Waals surface area contributed by atoms with E-state index in [-0.39, 0.29) is 0 Å². The lowest BCUT2D eigenvalue weighted by atomic mass is 10.0. The summed E-state index contributed by atoms with van der Waals surface area (Å²) in [5.74, 6) is 3.80. The number of para-hydroxylation sites is 1. The van der Waals surface area contributed by atoms with E-state index in [4.69, 9.17) is 24.3 Å². The fraction of sp³-hybridized carbons (Fsp3) is 0.135. The van der Waals surface area contributed by atoms with Gasteiger partial charge >= 0.3 is 0 Å². The van der Waals surface area contributed by atoms with Crippen LogP contribution in [0.2, 0.25) is 0 Å². The predicted molar refractivity (Wildman–Crippen MR) is 175 cm³/mol. The number of aryl methyl sites for hydroxylation is 2. The topological polar surface area (TPSA) is 63.3 Å². The fourth-order valence-electron chi connectivity index (χ4n) is 6.07. The zero-order valence-electron chi connectivity index (χ0n) is 25.3. The first-order valence-corrected chi connectivity index (χ1v) is 14.5. The molecule has 7 rings (SSSR count). The molecule has 0 aliphatic heterocycles. The van der Waals surface area contributed by atoms with Crippen LogP contribution in [0.1, 0.15) is 17.0 Å². The average molecular weight is 581 g/mol. The summed E-state index contributed by atoms with van der Waals surface area (Å²) in [6.45, 7) is 6.14. The highest BCUT2D eigenvalue weighted by molar-refractivity contribution is 6.09. The molecule has 0 unspecified atom stereocenters. The van der Waals surface area contributed by atoms with Crippen LogP contribution in [-0.2, 0) is 0 Å². The highest BCUT2D eigenvalue weighted by atomic mass is 16.5. The zero-order chi connectivity index (χ0) is 30.4. The molecule has 0 saturated carbocycles. The van der Waals surface area contributed by atoms with E-state index in [0.717, 1.165) is 73.3 Å². The molecule has 7 aromatic rings. The van der Waals surface area contributed by atoms with Gasteiger partial charge in [0.05, 0.1) is 42.2 Å². The Morgan fingerprint density at radius 3 is 2.14 bits per heavy atom. The summed E-state index contributed by atoms with van der Waals surface area (Å²) in [5, 5.41) is 7.23. The Hall–Kier alpha value is -5.56. The van der Waals surface area contributed by atoms with Crippen molar-refractivity contribution >= 4 is 21.8 Å². The molecule has 0 radical (unpaired) electrons. The van der Waals surface area contributed by atoms with Crippen molar-refractivity contribution in [1.29, 1.82) is 0 Å². The van der Waals surface area contributed by atoms with Crippen LogP contribution < -0.4 is 14.2 Å². The van der Waals surface area contributed by atoms with E-state index in [1.54, 1.807) is 14.2 Å². The van der Waals surface area contributed by atoms with Crippen LogP contribution in [0.3, 0.4) is 0 Å². The minimum absolute atomic E-state index is 0.710. The van der Waals surface area contributed by atoms with E-state index >= 15 is 0 Å². The van der Waals surface area contributed by atoms with Gasteiger partial charge in [0.2, 0.25) is 0 Å². The van der Waals surface area contributed by atoms with Crippen molar-refractivity contribution in [2.75, 3.05) is 14.2 Å². The number of hydrogen-bond donors (Lipinski definition) is 0. The summed E-state index contributed by atoms with van der Waals surface area (Å²) >= 11 is 0. The molecule has 0 aliphatic rings. The maximum atomic E-state index is 6.48. The Bertz CT molecular complexity index is 2150. The summed E-state index contributed by atoms with van der Waals surface area (Å²) in [6.07, 6.45) is 1.85. The van der Waals surface area contributed by atoms with Gasteiger partial charge < -0.3 is 14.2 Å². The van der Waals surface area contributed by atoms with Gasteiger partial charge in [-0.2, -0.15) is 5.10 Å². The molecule has 0 bridgehead atoms. The number of benzene rings is 4. The molecular formula is C37H32N4O3. The monoisotopic (exact) mass is 580 g/mol. The van der Waals surface area contributed by atoms with Gasteiger partial charge in [-0.1, -0.05) is 30.3 Å². The van der Waals surface area contributed by atoms with Gasteiger partial charge in [0.25, 0.3) is 0 Å². The van der Waals surface area contributed by atoms with Crippen molar-refractivity contribution in [2.24, 2.45) is 0 Å². The normalized spacial score (nSPS) is 11.3. The van der Waals surface area contributed by atoms with Crippen molar-refractivity contribution in [3.8, 4) is 45.6 Å². The lowest BCUT2D eigenvalue weighted by molar-refractivity contribution is 0.397. The maximum absolute atomic E-state index is 6.48. The Morgan fingerprint density at radius 1 is 0.636 bits per heavy atom. The largest absolute Gasteiger partial charge is 0.496 e. The second-order valence-corrected chi connectivity index (χ2v) is 10.8. The van der Waals surface area contributed by atoms with Crippen LogP contribution in [0.25, 0.3) is 44.4 Å². The maximum Gasteiger partial charge on any atom is 0.137 e. The quantitative estimate of drug-likeness (QED) is 0.189. The van der Waals surface area contributed by atoms with Crippen LogP contribution in [0.5, 0.6) is 23.0 Å². The fourth-order valence-corrected chi connectivity index (χ4v) is 6.07. The van der Waals surface area contributed by atoms with Crippen molar-refractivity contribution in [1.82, 2.24) is 19.3 Å². The minimum Gasteiger partial charge on any atom is -0.496 e. The van der Waals surface area contributed by atoms with Crippen LogP contribution >= 0.6 is 0 Å². The van der Waals surface area contributed by atoms with E-state index in [9.17, 15) is 0 Å². The van der Waals surface area contributed by atoms with Gasteiger partial charge in [-0.15, -0.1) is 0 Å². The molecule has 0 fully saturated rings. The molecule has 7 nitrogen and oxygen atoms in total. The Labute approximate surface area is 255 Å². The number of pyridine rings is 1. The van der Waals surface area contributed by atoms with Crippen molar-refractivity contribution < 1.29 is 14.2 Å². The molecule has 4 aromatic carbocycles. The summed E-state index contributed by atoms with van der Waals surface area (Å²) in [7, 11) is 3.34. The number of hydrogen-bond acceptors (Lipinski definition) is 5. The van der Waals surface area contributed by atoms with Gasteiger partial charge in [-0.05, 0) is 80.9 Å². The summed E-state index contributed by atoms with van der Waals surface area (Å²) < 4.78 is 22.0. The van der Waals surface area contributed by atoms with Gasteiger partial charge in [-0.3, -0.25) is 4.57 Å². The minimum atomic E-state index is 0.710. The molecule has 0 atom stereocenters. The number of ether oxygens (including phenoxy) is 3. The number of aromatic nitrogens is 4. The highest BCUT2D eigenvalue weighted by Crippen LogP contribution is 2.42. The Balaban J connectivity index is 1.29. The Kier molecular flexibility index (Phi) is 6.78. The van der Waals surface area contributed by atoms with E-state index < -0.39 is 0 Å². The SMILES string of the molecule is COc1cccc(OC)c1-c1c(C)nn(-c2cccc(Oc3ccc4c5ccccc5n(-c5cc(C)ccn5)c4c3)c2)c1C. The molecule has 0 N–H and O–H groups in total. The average Bonchev–Trinajstić information content (AvgIpc) is 3.53. The number of methoxy groups -OCH3 is 2. The first-order chi connectivity index (χ1) is 21.5. The summed E-state index contributed by atoms with van der Waals surface area (Å²) in [6, 6.07) is 32.5. The zero-order valence-corrected chi connectivity index (χ0v) is 25.3. The van der Waals surface area contributed by atoms with Crippen molar-refractivity contribution in [3.05, 3.63) is 120 Å². The standard InChI is InChI=1S/C37H32N4O3/c1-23-18-19-38-35(20-23)40-31-13-7-6-12-29(31)30-17-16-28(22-32(30)40)44-27-11-8-10-26(21-27)41-25(3)36(24(2)39-41)37-33(42-4)14-9-15-34(37)43-5/h6-22H,1-5H3. The van der Waals surface area contributed by atoms with Gasteiger partial charge in [-0.25, -0.2) is 9.67 Å². The third-order valence-corrected chi connectivity index (χ3v) is 8.04. The van der Waals surface area contributed by atoms with Gasteiger partial charge in [0, 0.05) is 40.4 Å². The molecule has 3 aromatic heterocycles. The highest BCUT2D eigenvalue weighted by Gasteiger charge is 2.22. The van der Waals surface area contributed by atoms with Crippen LogP contribution in [0.15, 0.2) is 103 Å². The summed E-state index contributed by atoms with van der Waals surface area (Å²) in [4.78, 5) is 4.70. The molecular weight excluding hydrogens is 548 g/mol. The second kappa shape index (κ2) is 10.9. The number of nitrogens with zero attached hydrogens (tertiary/aromatic N) is 4. The molecule has 218 valence electrons. The van der Waals surface area contributed by atoms with Crippen molar-refractivity contribution in [2.45, 2.75) is 20.8 Å². The third-order valence-electron chi connectivity index (χ3n) is 8.04. The van der Waals surface area contributed by atoms with Gasteiger partial charge in [0.15, 0.2) is 0 Å². The predicted octanol–water partition coefficient (Wildman–Crippen LogP) is 8.77. The molecule has 0 spiro atoms. The van der Waals surface area contributed by atoms with Crippen LogP contribution in [0.4, 0.5) is 0 Å². The molecule has 3 heterocycles. The number of fused-ring (bicyclic) bond motifs is 3. The van der Waals surface area contributed by atoms with E-state index in [2.05, 4.69) is 60.9 Å². The number of rotatable bonds is 7. The van der Waals surface area contributed by atoms with E-state index in [1.807, 2.05) is 72.4 Å². The molecule has 0 amide bonds. The molecule has 0 saturated heterocycles. The lowest BCUT2D eigenvalue weighted by Crippen LogP contribution is -2.00. The Morgan fingerprint density at radius 2 is 1.36 bits per heavy atom. The molecule has 7 heteroatoms. The lowest BCUT2D eigenvalue weighted by Gasteiger charge is -2.14.